The van der Waals surface area contributed by atoms with Crippen molar-refractivity contribution >= 4 is 34.0 Å². The molecule has 0 spiro atoms. The number of carbonyl (C=O) groups is 1. The largest absolute Gasteiger partial charge is 0.286 e. The van der Waals surface area contributed by atoms with E-state index in [0.717, 1.165) is 4.86 Å². The van der Waals surface area contributed by atoms with E-state index in [4.69, 9.17) is 12.2 Å². The first-order valence-corrected chi connectivity index (χ1v) is 4.79. The van der Waals surface area contributed by atoms with Crippen LogP contribution in [0.3, 0.4) is 0 Å². The molecule has 1 rings (SSSR count). The van der Waals surface area contributed by atoms with Gasteiger partial charge >= 0.3 is 0 Å². The molecule has 0 aromatic rings. The zero-order chi connectivity index (χ0) is 8.86. The van der Waals surface area contributed by atoms with E-state index in [1.165, 1.54) is 11.8 Å². The van der Waals surface area contributed by atoms with Gasteiger partial charge in [-0.1, -0.05) is 24.0 Å². The van der Waals surface area contributed by atoms with Crippen molar-refractivity contribution in [3.63, 3.8) is 0 Å². The minimum atomic E-state index is -0.399. The molecule has 0 atom stereocenters. The molecular formula is C8H12OS2. The first kappa shape index (κ1) is 9.20. The van der Waals surface area contributed by atoms with Crippen LogP contribution in [-0.4, -0.2) is 14.7 Å². The number of hydrogen-bond acceptors (Lipinski definition) is 3. The molecule has 1 aliphatic heterocycles. The predicted molar refractivity (Wildman–Crippen MR) is 53.1 cm³/mol. The molecule has 1 saturated heterocycles. The lowest BCUT2D eigenvalue weighted by molar-refractivity contribution is -0.115. The van der Waals surface area contributed by atoms with Gasteiger partial charge in [0.25, 0.3) is 0 Å². The normalized spacial score (nSPS) is 27.6. The number of thioether (sulfide) groups is 1. The van der Waals surface area contributed by atoms with Gasteiger partial charge in [0.05, 0.1) is 10.2 Å². The van der Waals surface area contributed by atoms with Crippen LogP contribution in [0.1, 0.15) is 27.7 Å². The molecule has 0 unspecified atom stereocenters. The van der Waals surface area contributed by atoms with Gasteiger partial charge in [-0.05, 0) is 27.7 Å². The van der Waals surface area contributed by atoms with Gasteiger partial charge in [-0.25, -0.2) is 0 Å². The lowest BCUT2D eigenvalue weighted by Gasteiger charge is -2.20. The maximum absolute atomic E-state index is 11.4. The Bertz CT molecular complexity index is 228. The van der Waals surface area contributed by atoms with Gasteiger partial charge in [0.15, 0.2) is 5.12 Å². The summed E-state index contributed by atoms with van der Waals surface area (Å²) in [5, 5.41) is 0.201. The van der Waals surface area contributed by atoms with Crippen LogP contribution in [0.4, 0.5) is 0 Å². The highest BCUT2D eigenvalue weighted by Gasteiger charge is 2.49. The Kier molecular flexibility index (Phi) is 1.92. The van der Waals surface area contributed by atoms with E-state index in [0.29, 0.717) is 0 Å². The molecule has 0 saturated carbocycles. The Morgan fingerprint density at radius 2 is 1.73 bits per heavy atom. The summed E-state index contributed by atoms with van der Waals surface area (Å²) >= 11 is 6.58. The highest BCUT2D eigenvalue weighted by Crippen LogP contribution is 2.46. The third kappa shape index (κ3) is 1.25. The van der Waals surface area contributed by atoms with Crippen LogP contribution in [0.15, 0.2) is 0 Å². The Labute approximate surface area is 76.9 Å². The van der Waals surface area contributed by atoms with Crippen LogP contribution in [0.5, 0.6) is 0 Å². The summed E-state index contributed by atoms with van der Waals surface area (Å²) in [6, 6.07) is 0. The van der Waals surface area contributed by atoms with Crippen molar-refractivity contribution < 1.29 is 4.79 Å². The van der Waals surface area contributed by atoms with Gasteiger partial charge in [-0.15, -0.1) is 0 Å². The summed E-state index contributed by atoms with van der Waals surface area (Å²) in [7, 11) is 0. The van der Waals surface area contributed by atoms with Crippen LogP contribution < -0.4 is 0 Å². The first-order valence-electron chi connectivity index (χ1n) is 3.57. The monoisotopic (exact) mass is 188 g/mol. The maximum atomic E-state index is 11.4. The molecule has 0 aromatic heterocycles. The number of thiocarbonyl (C=S) groups is 1. The lowest BCUT2D eigenvalue weighted by atomic mass is 9.85. The molecule has 1 heterocycles. The molecule has 0 amide bonds. The van der Waals surface area contributed by atoms with Gasteiger partial charge in [-0.2, -0.15) is 0 Å². The first-order chi connectivity index (χ1) is 4.78. The molecule has 62 valence electrons. The molecule has 0 aromatic carbocycles. The highest BCUT2D eigenvalue weighted by molar-refractivity contribution is 8.17. The summed E-state index contributed by atoms with van der Waals surface area (Å²) in [6.45, 7) is 7.82. The van der Waals surface area contributed by atoms with E-state index in [9.17, 15) is 4.79 Å². The van der Waals surface area contributed by atoms with E-state index in [1.807, 2.05) is 27.7 Å². The average Bonchev–Trinajstić information content (AvgIpc) is 1.94. The Morgan fingerprint density at radius 3 is 1.82 bits per heavy atom. The van der Waals surface area contributed by atoms with Gasteiger partial charge in [0, 0.05) is 4.86 Å². The second-order valence-corrected chi connectivity index (χ2v) is 5.86. The Hall–Kier alpha value is 0.110. The van der Waals surface area contributed by atoms with E-state index in [1.54, 1.807) is 0 Å². The molecule has 0 aliphatic carbocycles. The Morgan fingerprint density at radius 1 is 1.27 bits per heavy atom. The fourth-order valence-corrected chi connectivity index (χ4v) is 2.70. The average molecular weight is 188 g/mol. The van der Waals surface area contributed by atoms with Crippen molar-refractivity contribution in [1.29, 1.82) is 0 Å². The fraction of sp³-hybridized carbons (Fsp3) is 0.750. The molecule has 1 nitrogen and oxygen atoms in total. The lowest BCUT2D eigenvalue weighted by Crippen LogP contribution is -2.31. The van der Waals surface area contributed by atoms with Crippen molar-refractivity contribution in [1.82, 2.24) is 0 Å². The van der Waals surface area contributed by atoms with E-state index in [2.05, 4.69) is 0 Å². The van der Waals surface area contributed by atoms with Crippen LogP contribution in [0, 0.1) is 5.41 Å². The van der Waals surface area contributed by atoms with Crippen LogP contribution >= 0.6 is 24.0 Å². The van der Waals surface area contributed by atoms with Gasteiger partial charge in [-0.3, -0.25) is 4.79 Å². The van der Waals surface area contributed by atoms with Gasteiger partial charge in [0.2, 0.25) is 0 Å². The maximum Gasteiger partial charge on any atom is 0.200 e. The summed E-state index contributed by atoms with van der Waals surface area (Å²) in [5.74, 6) is 0. The van der Waals surface area contributed by atoms with E-state index < -0.39 is 5.41 Å². The number of hydrogen-bond donors (Lipinski definition) is 0. The van der Waals surface area contributed by atoms with Crippen molar-refractivity contribution in [2.45, 2.75) is 32.4 Å². The number of rotatable bonds is 0. The summed E-state index contributed by atoms with van der Waals surface area (Å²) < 4.78 is -0.143. The van der Waals surface area contributed by atoms with Crippen LogP contribution in [0.25, 0.3) is 0 Å². The van der Waals surface area contributed by atoms with E-state index >= 15 is 0 Å². The zero-order valence-corrected chi connectivity index (χ0v) is 8.86. The van der Waals surface area contributed by atoms with Crippen LogP contribution in [-0.2, 0) is 4.79 Å². The smallest absolute Gasteiger partial charge is 0.200 e. The van der Waals surface area contributed by atoms with Gasteiger partial charge < -0.3 is 0 Å². The van der Waals surface area contributed by atoms with Crippen molar-refractivity contribution in [3.8, 4) is 0 Å². The fourth-order valence-electron chi connectivity index (χ4n) is 1.25. The van der Waals surface area contributed by atoms with Crippen molar-refractivity contribution in [3.05, 3.63) is 0 Å². The van der Waals surface area contributed by atoms with Crippen LogP contribution in [0.2, 0.25) is 0 Å². The third-order valence-corrected chi connectivity index (χ3v) is 4.53. The topological polar surface area (TPSA) is 17.1 Å². The van der Waals surface area contributed by atoms with E-state index in [-0.39, 0.29) is 9.86 Å². The second-order valence-electron chi connectivity index (χ2n) is 3.85. The Balaban J connectivity index is 3.09. The quantitative estimate of drug-likeness (QED) is 0.543. The molecule has 11 heavy (non-hydrogen) atoms. The molecular weight excluding hydrogens is 176 g/mol. The van der Waals surface area contributed by atoms with Gasteiger partial charge in [0.1, 0.15) is 0 Å². The molecule has 0 bridgehead atoms. The van der Waals surface area contributed by atoms with Crippen molar-refractivity contribution in [2.75, 3.05) is 0 Å². The molecule has 1 fully saturated rings. The standard InChI is InChI=1S/C8H12OS2/c1-7(2)5(10)8(3,4)11-6(7)9/h1-4H3. The SMILES string of the molecule is CC1(C)SC(=O)C(C)(C)C1=S. The summed E-state index contributed by atoms with van der Waals surface area (Å²) in [5.41, 5.74) is -0.399. The summed E-state index contributed by atoms with van der Waals surface area (Å²) in [4.78, 5) is 12.3. The predicted octanol–water partition coefficient (Wildman–Crippen LogP) is 2.43. The molecule has 3 heteroatoms. The minimum absolute atomic E-state index is 0.143. The number of carbonyl (C=O) groups excluding carboxylic acids is 1. The second kappa shape index (κ2) is 2.30. The highest BCUT2D eigenvalue weighted by atomic mass is 32.2. The van der Waals surface area contributed by atoms with Crippen molar-refractivity contribution in [2.24, 2.45) is 5.41 Å². The summed E-state index contributed by atoms with van der Waals surface area (Å²) in [6.07, 6.45) is 0. The molecule has 1 aliphatic rings. The molecule has 0 radical (unpaired) electrons. The molecule has 0 N–H and O–H groups in total. The minimum Gasteiger partial charge on any atom is -0.286 e. The zero-order valence-electron chi connectivity index (χ0n) is 7.22. The third-order valence-electron chi connectivity index (χ3n) is 1.97.